The second kappa shape index (κ2) is 7.41. The Labute approximate surface area is 155 Å². The summed E-state index contributed by atoms with van der Waals surface area (Å²) in [7, 11) is 1.64. The fourth-order valence-electron chi connectivity index (χ4n) is 2.63. The van der Waals surface area contributed by atoms with Crippen LogP contribution in [-0.2, 0) is 6.54 Å². The molecule has 1 aromatic heterocycles. The number of aromatic nitrogens is 1. The van der Waals surface area contributed by atoms with Gasteiger partial charge < -0.3 is 9.47 Å². The molecule has 3 rings (SSSR count). The average molecular weight is 370 g/mol. The number of non-ortho nitro benzene ring substituents is 1. The van der Waals surface area contributed by atoms with E-state index in [2.05, 4.69) is 0 Å². The second-order valence-electron chi connectivity index (χ2n) is 5.83. The molecule has 7 heteroatoms. The summed E-state index contributed by atoms with van der Waals surface area (Å²) in [4.78, 5) is 24.5. The lowest BCUT2D eigenvalue weighted by Crippen LogP contribution is -2.26. The van der Waals surface area contributed by atoms with Gasteiger partial charge in [0.2, 0.25) is 0 Å². The average Bonchev–Trinajstić information content (AvgIpc) is 3.17. The highest BCUT2D eigenvalue weighted by molar-refractivity contribution is 6.31. The van der Waals surface area contributed by atoms with E-state index in [1.165, 1.54) is 23.1 Å². The fourth-order valence-corrected chi connectivity index (χ4v) is 2.80. The molecule has 132 valence electrons. The molecule has 26 heavy (non-hydrogen) atoms. The van der Waals surface area contributed by atoms with E-state index in [4.69, 9.17) is 11.6 Å². The van der Waals surface area contributed by atoms with Crippen molar-refractivity contribution in [3.8, 4) is 5.69 Å². The van der Waals surface area contributed by atoms with Crippen LogP contribution in [0.1, 0.15) is 15.9 Å². The van der Waals surface area contributed by atoms with Crippen LogP contribution >= 0.6 is 11.6 Å². The van der Waals surface area contributed by atoms with Gasteiger partial charge in [0.05, 0.1) is 4.92 Å². The van der Waals surface area contributed by atoms with Gasteiger partial charge in [0, 0.05) is 54.4 Å². The zero-order chi connectivity index (χ0) is 18.7. The molecule has 2 aromatic carbocycles. The van der Waals surface area contributed by atoms with E-state index < -0.39 is 4.92 Å². The number of amides is 1. The van der Waals surface area contributed by atoms with Gasteiger partial charge in [0.1, 0.15) is 0 Å². The van der Waals surface area contributed by atoms with Gasteiger partial charge in [-0.25, -0.2) is 0 Å². The summed E-state index contributed by atoms with van der Waals surface area (Å²) < 4.78 is 1.95. The van der Waals surface area contributed by atoms with E-state index in [0.29, 0.717) is 16.1 Å². The molecule has 0 aliphatic heterocycles. The lowest BCUT2D eigenvalue weighted by molar-refractivity contribution is -0.384. The molecule has 0 unspecified atom stereocenters. The Morgan fingerprint density at radius 3 is 2.42 bits per heavy atom. The maximum absolute atomic E-state index is 12.6. The molecule has 0 aliphatic carbocycles. The molecule has 1 amide bonds. The number of nitrogens with zero attached hydrogens (tertiary/aromatic N) is 3. The normalized spacial score (nSPS) is 10.5. The minimum absolute atomic E-state index is 0.0543. The molecule has 0 N–H and O–H groups in total. The molecule has 0 aliphatic rings. The molecule has 1 heterocycles. The number of nitro groups is 1. The summed E-state index contributed by atoms with van der Waals surface area (Å²) in [6, 6.07) is 15.3. The molecule has 3 aromatic rings. The van der Waals surface area contributed by atoms with E-state index in [-0.39, 0.29) is 18.1 Å². The first kappa shape index (κ1) is 17.7. The third-order valence-corrected chi connectivity index (χ3v) is 4.38. The Hall–Kier alpha value is -3.12. The van der Waals surface area contributed by atoms with Gasteiger partial charge in [0.25, 0.3) is 11.6 Å². The van der Waals surface area contributed by atoms with Crippen LogP contribution in [0.5, 0.6) is 0 Å². The number of carbonyl (C=O) groups excluding carboxylic acids is 1. The van der Waals surface area contributed by atoms with Crippen molar-refractivity contribution in [2.75, 3.05) is 7.05 Å². The molecule has 0 radical (unpaired) electrons. The molecule has 0 spiro atoms. The summed E-state index contributed by atoms with van der Waals surface area (Å²) in [6.45, 7) is 0.179. The molecule has 0 saturated carbocycles. The van der Waals surface area contributed by atoms with Crippen molar-refractivity contribution in [3.05, 3.63) is 93.3 Å². The lowest BCUT2D eigenvalue weighted by atomic mass is 10.1. The van der Waals surface area contributed by atoms with Crippen molar-refractivity contribution in [2.45, 2.75) is 6.54 Å². The van der Waals surface area contributed by atoms with Gasteiger partial charge >= 0.3 is 0 Å². The standard InChI is InChI=1S/C19H16ClN3O3/c1-21(13-15-12-17(23(25)26)8-9-18(15)20)19(24)14-4-6-16(7-5-14)22-10-2-3-11-22/h2-12H,13H2,1H3. The van der Waals surface area contributed by atoms with Crippen LogP contribution in [-0.4, -0.2) is 27.3 Å². The van der Waals surface area contributed by atoms with Crippen LogP contribution in [0.25, 0.3) is 5.69 Å². The van der Waals surface area contributed by atoms with Crippen LogP contribution in [0.4, 0.5) is 5.69 Å². The van der Waals surface area contributed by atoms with Crippen molar-refractivity contribution in [2.24, 2.45) is 0 Å². The van der Waals surface area contributed by atoms with Crippen molar-refractivity contribution >= 4 is 23.2 Å². The van der Waals surface area contributed by atoms with E-state index >= 15 is 0 Å². The van der Waals surface area contributed by atoms with Crippen LogP contribution in [0.15, 0.2) is 67.0 Å². The molecule has 0 saturated heterocycles. The van der Waals surface area contributed by atoms with Crippen molar-refractivity contribution < 1.29 is 9.72 Å². The van der Waals surface area contributed by atoms with E-state index in [1.807, 2.05) is 41.2 Å². The summed E-state index contributed by atoms with van der Waals surface area (Å²) in [5.74, 6) is -0.188. The summed E-state index contributed by atoms with van der Waals surface area (Å²) >= 11 is 6.11. The summed E-state index contributed by atoms with van der Waals surface area (Å²) in [6.07, 6.45) is 3.85. The number of nitro benzene ring substituents is 1. The molecular weight excluding hydrogens is 354 g/mol. The number of benzene rings is 2. The first-order valence-electron chi connectivity index (χ1n) is 7.87. The Balaban J connectivity index is 1.76. The maximum atomic E-state index is 12.6. The number of halogens is 1. The minimum Gasteiger partial charge on any atom is -0.337 e. The fraction of sp³-hybridized carbons (Fsp3) is 0.105. The predicted molar refractivity (Wildman–Crippen MR) is 99.7 cm³/mol. The Morgan fingerprint density at radius 1 is 1.15 bits per heavy atom. The SMILES string of the molecule is CN(Cc1cc([N+](=O)[O-])ccc1Cl)C(=O)c1ccc(-n2cccc2)cc1. The van der Waals surface area contributed by atoms with E-state index in [9.17, 15) is 14.9 Å². The van der Waals surface area contributed by atoms with E-state index in [0.717, 1.165) is 5.69 Å². The Bertz CT molecular complexity index is 937. The van der Waals surface area contributed by atoms with E-state index in [1.54, 1.807) is 19.2 Å². The molecule has 0 fully saturated rings. The molecule has 0 bridgehead atoms. The first-order chi connectivity index (χ1) is 12.5. The zero-order valence-corrected chi connectivity index (χ0v) is 14.8. The van der Waals surface area contributed by atoms with Crippen molar-refractivity contribution in [3.63, 3.8) is 0 Å². The first-order valence-corrected chi connectivity index (χ1v) is 8.25. The number of carbonyl (C=O) groups is 1. The third kappa shape index (κ3) is 3.75. The molecular formula is C19H16ClN3O3. The van der Waals surface area contributed by atoms with Gasteiger partial charge in [-0.1, -0.05) is 11.6 Å². The number of rotatable bonds is 5. The van der Waals surface area contributed by atoms with Gasteiger partial charge in [-0.05, 0) is 48.0 Å². The largest absolute Gasteiger partial charge is 0.337 e. The third-order valence-electron chi connectivity index (χ3n) is 4.01. The Morgan fingerprint density at radius 2 is 1.81 bits per heavy atom. The van der Waals surface area contributed by atoms with Crippen molar-refractivity contribution in [1.82, 2.24) is 9.47 Å². The zero-order valence-electron chi connectivity index (χ0n) is 14.0. The summed E-state index contributed by atoms with van der Waals surface area (Å²) in [5, 5.41) is 11.3. The number of hydrogen-bond acceptors (Lipinski definition) is 3. The van der Waals surface area contributed by atoms with Crippen LogP contribution < -0.4 is 0 Å². The highest BCUT2D eigenvalue weighted by Gasteiger charge is 2.16. The van der Waals surface area contributed by atoms with Crippen molar-refractivity contribution in [1.29, 1.82) is 0 Å². The highest BCUT2D eigenvalue weighted by Crippen LogP contribution is 2.23. The molecule has 0 atom stereocenters. The predicted octanol–water partition coefficient (Wildman–Crippen LogP) is 4.31. The smallest absolute Gasteiger partial charge is 0.269 e. The van der Waals surface area contributed by atoms with Gasteiger partial charge in [-0.3, -0.25) is 14.9 Å². The van der Waals surface area contributed by atoms with Gasteiger partial charge in [-0.2, -0.15) is 0 Å². The second-order valence-corrected chi connectivity index (χ2v) is 6.24. The topological polar surface area (TPSA) is 68.4 Å². The van der Waals surface area contributed by atoms with Gasteiger partial charge in [0.15, 0.2) is 0 Å². The monoisotopic (exact) mass is 369 g/mol. The Kier molecular flexibility index (Phi) is 5.04. The summed E-state index contributed by atoms with van der Waals surface area (Å²) in [5.41, 5.74) is 1.96. The van der Waals surface area contributed by atoms with Crippen LogP contribution in [0, 0.1) is 10.1 Å². The highest BCUT2D eigenvalue weighted by atomic mass is 35.5. The van der Waals surface area contributed by atoms with Gasteiger partial charge in [-0.15, -0.1) is 0 Å². The maximum Gasteiger partial charge on any atom is 0.269 e. The molecule has 6 nitrogen and oxygen atoms in total. The quantitative estimate of drug-likeness (QED) is 0.497. The lowest BCUT2D eigenvalue weighted by Gasteiger charge is -2.18. The minimum atomic E-state index is -0.485. The number of hydrogen-bond donors (Lipinski definition) is 0. The van der Waals surface area contributed by atoms with Crippen LogP contribution in [0.2, 0.25) is 5.02 Å². The van der Waals surface area contributed by atoms with Crippen LogP contribution in [0.3, 0.4) is 0 Å².